The molecule has 0 saturated carbocycles. The number of benzene rings is 1. The number of methoxy groups -OCH3 is 1. The molecule has 0 heterocycles. The Kier molecular flexibility index (Phi) is 5.55. The Balaban J connectivity index is 2.75. The van der Waals surface area contributed by atoms with E-state index < -0.39 is 0 Å². The molecule has 1 rings (SSSR count). The molecule has 1 aromatic rings. The van der Waals surface area contributed by atoms with Crippen LogP contribution in [0.4, 0.5) is 0 Å². The van der Waals surface area contributed by atoms with Crippen LogP contribution in [0.5, 0.6) is 0 Å². The van der Waals surface area contributed by atoms with Crippen molar-refractivity contribution in [2.24, 2.45) is 5.41 Å². The predicted octanol–water partition coefficient (Wildman–Crippen LogP) is 2.97. The maximum absolute atomic E-state index is 11.9. The van der Waals surface area contributed by atoms with Crippen molar-refractivity contribution in [3.63, 3.8) is 0 Å². The van der Waals surface area contributed by atoms with Crippen molar-refractivity contribution >= 4 is 5.97 Å². The first-order chi connectivity index (χ1) is 8.86. The summed E-state index contributed by atoms with van der Waals surface area (Å²) in [5.74, 6) is -0.448. The van der Waals surface area contributed by atoms with E-state index in [4.69, 9.17) is 4.74 Å². The number of nitrogens with one attached hydrogen (secondary N) is 1. The van der Waals surface area contributed by atoms with Crippen LogP contribution in [-0.4, -0.2) is 25.7 Å². The van der Waals surface area contributed by atoms with Gasteiger partial charge in [0.05, 0.1) is 13.0 Å². The molecule has 0 spiro atoms. The molecule has 19 heavy (non-hydrogen) atoms. The average molecular weight is 263 g/mol. The molecule has 0 bridgehead atoms. The number of hydrogen-bond acceptors (Lipinski definition) is 3. The number of carbonyl (C=O) groups is 1. The molecular weight excluding hydrogens is 238 g/mol. The zero-order valence-corrected chi connectivity index (χ0v) is 12.6. The molecule has 1 aromatic carbocycles. The number of carbonyl (C=O) groups excluding carboxylic acids is 1. The third-order valence-electron chi connectivity index (χ3n) is 3.61. The first-order valence-corrected chi connectivity index (χ1v) is 6.72. The van der Waals surface area contributed by atoms with Crippen LogP contribution in [0, 0.1) is 5.41 Å². The van der Waals surface area contributed by atoms with E-state index >= 15 is 0 Å². The van der Waals surface area contributed by atoms with Gasteiger partial charge < -0.3 is 10.1 Å². The maximum atomic E-state index is 11.9. The molecule has 0 amide bonds. The number of hydrogen-bond donors (Lipinski definition) is 1. The van der Waals surface area contributed by atoms with Crippen LogP contribution in [0.15, 0.2) is 30.3 Å². The first kappa shape index (κ1) is 15.7. The molecule has 0 aliphatic rings. The van der Waals surface area contributed by atoms with Crippen molar-refractivity contribution in [2.45, 2.75) is 39.7 Å². The van der Waals surface area contributed by atoms with Crippen molar-refractivity contribution in [2.75, 3.05) is 13.7 Å². The SMILES string of the molecule is COC(=O)C(CNC(C)C(C)(C)C)c1ccccc1. The summed E-state index contributed by atoms with van der Waals surface area (Å²) in [4.78, 5) is 11.9. The minimum atomic E-state index is -0.254. The molecule has 2 atom stereocenters. The number of ether oxygens (including phenoxy) is 1. The van der Waals surface area contributed by atoms with E-state index in [1.165, 1.54) is 7.11 Å². The standard InChI is InChI=1S/C16H25NO2/c1-12(16(2,3)4)17-11-14(15(18)19-5)13-9-7-6-8-10-13/h6-10,12,14,17H,11H2,1-5H3. The molecule has 1 N–H and O–H groups in total. The third-order valence-corrected chi connectivity index (χ3v) is 3.61. The normalized spacial score (nSPS) is 14.8. The van der Waals surface area contributed by atoms with Gasteiger partial charge in [0.1, 0.15) is 0 Å². The van der Waals surface area contributed by atoms with Crippen LogP contribution in [-0.2, 0) is 9.53 Å². The highest BCUT2D eigenvalue weighted by molar-refractivity contribution is 5.78. The Hall–Kier alpha value is -1.35. The lowest BCUT2D eigenvalue weighted by atomic mass is 9.87. The van der Waals surface area contributed by atoms with Crippen LogP contribution in [0.3, 0.4) is 0 Å². The summed E-state index contributed by atoms with van der Waals surface area (Å²) in [5.41, 5.74) is 1.15. The highest BCUT2D eigenvalue weighted by Gasteiger charge is 2.25. The van der Waals surface area contributed by atoms with Gasteiger partial charge in [0, 0.05) is 12.6 Å². The summed E-state index contributed by atoms with van der Waals surface area (Å²) in [7, 11) is 1.44. The minimum absolute atomic E-state index is 0.164. The fraction of sp³-hybridized carbons (Fsp3) is 0.562. The van der Waals surface area contributed by atoms with E-state index in [1.807, 2.05) is 30.3 Å². The zero-order chi connectivity index (χ0) is 14.5. The third kappa shape index (κ3) is 4.67. The summed E-state index contributed by atoms with van der Waals surface area (Å²) in [6.07, 6.45) is 0. The van der Waals surface area contributed by atoms with Gasteiger partial charge in [0.2, 0.25) is 0 Å². The molecule has 0 radical (unpaired) electrons. The van der Waals surface area contributed by atoms with Gasteiger partial charge in [0.25, 0.3) is 0 Å². The van der Waals surface area contributed by atoms with E-state index in [0.717, 1.165) is 5.56 Å². The van der Waals surface area contributed by atoms with E-state index in [0.29, 0.717) is 12.6 Å². The molecule has 3 nitrogen and oxygen atoms in total. The molecular formula is C16H25NO2. The molecule has 0 aromatic heterocycles. The predicted molar refractivity (Wildman–Crippen MR) is 78.1 cm³/mol. The summed E-state index contributed by atoms with van der Waals surface area (Å²) < 4.78 is 4.91. The van der Waals surface area contributed by atoms with Crippen molar-refractivity contribution in [3.05, 3.63) is 35.9 Å². The van der Waals surface area contributed by atoms with Gasteiger partial charge in [-0.25, -0.2) is 0 Å². The maximum Gasteiger partial charge on any atom is 0.314 e. The molecule has 0 saturated heterocycles. The smallest absolute Gasteiger partial charge is 0.314 e. The molecule has 0 aliphatic carbocycles. The monoisotopic (exact) mass is 263 g/mol. The molecule has 0 aliphatic heterocycles. The van der Waals surface area contributed by atoms with Gasteiger partial charge in [-0.1, -0.05) is 51.1 Å². The zero-order valence-electron chi connectivity index (χ0n) is 12.6. The molecule has 0 fully saturated rings. The summed E-state index contributed by atoms with van der Waals surface area (Å²) >= 11 is 0. The molecule has 3 heteroatoms. The van der Waals surface area contributed by atoms with Crippen molar-refractivity contribution in [1.82, 2.24) is 5.32 Å². The summed E-state index contributed by atoms with van der Waals surface area (Å²) in [6.45, 7) is 9.27. The first-order valence-electron chi connectivity index (χ1n) is 6.72. The average Bonchev–Trinajstić information content (AvgIpc) is 2.38. The largest absolute Gasteiger partial charge is 0.469 e. The van der Waals surface area contributed by atoms with Crippen molar-refractivity contribution < 1.29 is 9.53 Å². The fourth-order valence-corrected chi connectivity index (χ4v) is 1.77. The topological polar surface area (TPSA) is 38.3 Å². The van der Waals surface area contributed by atoms with Crippen LogP contribution >= 0.6 is 0 Å². The lowest BCUT2D eigenvalue weighted by Gasteiger charge is -2.29. The van der Waals surface area contributed by atoms with Crippen LogP contribution in [0.2, 0.25) is 0 Å². The van der Waals surface area contributed by atoms with Gasteiger partial charge in [-0.05, 0) is 17.9 Å². The second-order valence-corrected chi connectivity index (χ2v) is 5.98. The van der Waals surface area contributed by atoms with Crippen LogP contribution in [0.1, 0.15) is 39.2 Å². The lowest BCUT2D eigenvalue weighted by molar-refractivity contribution is -0.142. The quantitative estimate of drug-likeness (QED) is 0.830. The number of rotatable bonds is 5. The fourth-order valence-electron chi connectivity index (χ4n) is 1.77. The van der Waals surface area contributed by atoms with Gasteiger partial charge in [-0.15, -0.1) is 0 Å². The molecule has 106 valence electrons. The Morgan fingerprint density at radius 1 is 1.26 bits per heavy atom. The second kappa shape index (κ2) is 6.71. The van der Waals surface area contributed by atoms with Crippen molar-refractivity contribution in [1.29, 1.82) is 0 Å². The second-order valence-electron chi connectivity index (χ2n) is 5.98. The Labute approximate surface area is 116 Å². The Morgan fingerprint density at radius 3 is 2.32 bits per heavy atom. The van der Waals surface area contributed by atoms with Crippen molar-refractivity contribution in [3.8, 4) is 0 Å². The number of esters is 1. The van der Waals surface area contributed by atoms with E-state index in [9.17, 15) is 4.79 Å². The highest BCUT2D eigenvalue weighted by atomic mass is 16.5. The van der Waals surface area contributed by atoms with Gasteiger partial charge >= 0.3 is 5.97 Å². The minimum Gasteiger partial charge on any atom is -0.469 e. The summed E-state index contributed by atoms with van der Waals surface area (Å²) in [5, 5.41) is 3.44. The van der Waals surface area contributed by atoms with E-state index in [1.54, 1.807) is 0 Å². The summed E-state index contributed by atoms with van der Waals surface area (Å²) in [6, 6.07) is 10.1. The van der Waals surface area contributed by atoms with Gasteiger partial charge in [0.15, 0.2) is 0 Å². The van der Waals surface area contributed by atoms with Gasteiger partial charge in [-0.3, -0.25) is 4.79 Å². The van der Waals surface area contributed by atoms with E-state index in [-0.39, 0.29) is 17.3 Å². The van der Waals surface area contributed by atoms with Crippen LogP contribution in [0.25, 0.3) is 0 Å². The molecule has 2 unspecified atom stereocenters. The highest BCUT2D eigenvalue weighted by Crippen LogP contribution is 2.21. The van der Waals surface area contributed by atoms with Crippen LogP contribution < -0.4 is 5.32 Å². The van der Waals surface area contributed by atoms with E-state index in [2.05, 4.69) is 33.0 Å². The Bertz CT molecular complexity index is 395. The van der Waals surface area contributed by atoms with Gasteiger partial charge in [-0.2, -0.15) is 0 Å². The lowest BCUT2D eigenvalue weighted by Crippen LogP contribution is -2.41. The Morgan fingerprint density at radius 2 is 1.84 bits per heavy atom.